The highest BCUT2D eigenvalue weighted by molar-refractivity contribution is 5.88. The molecule has 0 bridgehead atoms. The van der Waals surface area contributed by atoms with E-state index in [2.05, 4.69) is 54.6 Å². The molecule has 5 nitrogen and oxygen atoms in total. The minimum absolute atomic E-state index is 0.112. The summed E-state index contributed by atoms with van der Waals surface area (Å²) in [5.41, 5.74) is 6.12. The smallest absolute Gasteiger partial charge is 0.220 e. The fraction of sp³-hybridized carbons (Fsp3) is 0.515. The Balaban J connectivity index is 1.05. The molecule has 3 N–H and O–H groups in total. The van der Waals surface area contributed by atoms with Crippen LogP contribution < -0.4 is 5.32 Å². The molecule has 0 aliphatic heterocycles. The number of benzene rings is 2. The van der Waals surface area contributed by atoms with Gasteiger partial charge in [-0.15, -0.1) is 0 Å². The summed E-state index contributed by atoms with van der Waals surface area (Å²) in [6.45, 7) is 4.97. The molecule has 2 fully saturated rings. The molecule has 0 radical (unpaired) electrons. The summed E-state index contributed by atoms with van der Waals surface area (Å²) in [6, 6.07) is 12.2. The van der Waals surface area contributed by atoms with Crippen molar-refractivity contribution in [3.8, 4) is 5.75 Å². The zero-order chi connectivity index (χ0) is 26.4. The number of rotatable bonds is 7. The van der Waals surface area contributed by atoms with Gasteiger partial charge in [0.15, 0.2) is 0 Å². The molecule has 5 atom stereocenters. The van der Waals surface area contributed by atoms with Gasteiger partial charge in [-0.25, -0.2) is 0 Å². The van der Waals surface area contributed by atoms with E-state index < -0.39 is 0 Å². The average Bonchev–Trinajstić information content (AvgIpc) is 3.42. The maximum atomic E-state index is 13.3. The lowest BCUT2D eigenvalue weighted by molar-refractivity contribution is -0.129. The van der Waals surface area contributed by atoms with Crippen LogP contribution in [0.2, 0.25) is 0 Å². The number of ketones is 1. The summed E-state index contributed by atoms with van der Waals surface area (Å²) in [7, 11) is 0. The second-order valence-corrected chi connectivity index (χ2v) is 12.4. The summed E-state index contributed by atoms with van der Waals surface area (Å²) in [6.07, 6.45) is 9.96. The molecule has 2 saturated carbocycles. The van der Waals surface area contributed by atoms with Crippen LogP contribution in [-0.2, 0) is 22.4 Å². The molecule has 1 heterocycles. The molecule has 0 saturated heterocycles. The number of aryl methyl sites for hydroxylation is 2. The van der Waals surface area contributed by atoms with E-state index >= 15 is 0 Å². The molecule has 3 unspecified atom stereocenters. The van der Waals surface area contributed by atoms with Crippen LogP contribution in [0.5, 0.6) is 5.75 Å². The van der Waals surface area contributed by atoms with Gasteiger partial charge in [-0.3, -0.25) is 9.59 Å². The van der Waals surface area contributed by atoms with Gasteiger partial charge in [0.2, 0.25) is 5.91 Å². The predicted octanol–water partition coefficient (Wildman–Crippen LogP) is 6.36. The minimum Gasteiger partial charge on any atom is -0.508 e. The number of carbonyl (C=O) groups is 2. The Bertz CT molecular complexity index is 1370. The van der Waals surface area contributed by atoms with Crippen LogP contribution in [0.1, 0.15) is 80.0 Å². The number of phenolic OH excluding ortho intramolecular Hbond substituents is 1. The number of para-hydroxylation sites is 1. The van der Waals surface area contributed by atoms with Crippen molar-refractivity contribution in [3.63, 3.8) is 0 Å². The first-order valence-corrected chi connectivity index (χ1v) is 14.5. The van der Waals surface area contributed by atoms with E-state index in [0.29, 0.717) is 54.6 Å². The molecule has 3 aliphatic rings. The van der Waals surface area contributed by atoms with Crippen LogP contribution in [0.4, 0.5) is 0 Å². The molecule has 38 heavy (non-hydrogen) atoms. The Morgan fingerprint density at radius 2 is 2.08 bits per heavy atom. The van der Waals surface area contributed by atoms with Crippen molar-refractivity contribution in [3.05, 3.63) is 64.8 Å². The van der Waals surface area contributed by atoms with Crippen LogP contribution in [0.15, 0.2) is 42.6 Å². The number of Topliss-reactive ketones (excluding diaryl/α,β-unsaturated/α-hetero) is 1. The summed E-state index contributed by atoms with van der Waals surface area (Å²) in [5.74, 6) is 2.71. The van der Waals surface area contributed by atoms with Gasteiger partial charge in [0.1, 0.15) is 11.5 Å². The number of aromatic amines is 1. The summed E-state index contributed by atoms with van der Waals surface area (Å²) < 4.78 is 0. The van der Waals surface area contributed by atoms with Crippen molar-refractivity contribution < 1.29 is 14.7 Å². The molecule has 3 aromatic rings. The van der Waals surface area contributed by atoms with E-state index in [1.807, 2.05) is 12.1 Å². The van der Waals surface area contributed by atoms with Crippen molar-refractivity contribution in [1.82, 2.24) is 10.3 Å². The van der Waals surface area contributed by atoms with Gasteiger partial charge in [0, 0.05) is 41.9 Å². The van der Waals surface area contributed by atoms with Crippen LogP contribution in [0, 0.1) is 30.1 Å². The normalized spacial score (nSPS) is 28.1. The highest BCUT2D eigenvalue weighted by atomic mass is 16.3. The van der Waals surface area contributed by atoms with Crippen LogP contribution >= 0.6 is 0 Å². The first kappa shape index (κ1) is 25.2. The lowest BCUT2D eigenvalue weighted by atomic mass is 9.54. The van der Waals surface area contributed by atoms with E-state index in [1.54, 1.807) is 0 Å². The van der Waals surface area contributed by atoms with E-state index in [0.717, 1.165) is 44.9 Å². The second-order valence-electron chi connectivity index (χ2n) is 12.4. The van der Waals surface area contributed by atoms with Crippen LogP contribution in [0.25, 0.3) is 10.9 Å². The zero-order valence-corrected chi connectivity index (χ0v) is 22.7. The van der Waals surface area contributed by atoms with E-state index in [1.165, 1.54) is 33.2 Å². The Morgan fingerprint density at radius 1 is 1.21 bits per heavy atom. The van der Waals surface area contributed by atoms with E-state index in [-0.39, 0.29) is 11.3 Å². The Hall–Kier alpha value is -3.08. The largest absolute Gasteiger partial charge is 0.508 e. The number of aromatic nitrogens is 1. The fourth-order valence-corrected chi connectivity index (χ4v) is 8.41. The highest BCUT2D eigenvalue weighted by Gasteiger charge is 2.58. The van der Waals surface area contributed by atoms with Gasteiger partial charge in [-0.05, 0) is 110 Å². The highest BCUT2D eigenvalue weighted by Crippen LogP contribution is 2.62. The lowest BCUT2D eigenvalue weighted by Crippen LogP contribution is -2.44. The minimum atomic E-state index is -0.208. The molecule has 5 heteroatoms. The molecule has 3 aliphatic carbocycles. The number of nitrogens with one attached hydrogen (secondary N) is 2. The predicted molar refractivity (Wildman–Crippen MR) is 150 cm³/mol. The number of hydrogen-bond donors (Lipinski definition) is 3. The molecule has 1 aromatic heterocycles. The molecule has 2 aromatic carbocycles. The third-order valence-corrected chi connectivity index (χ3v) is 10.3. The van der Waals surface area contributed by atoms with Crippen LogP contribution in [0.3, 0.4) is 0 Å². The van der Waals surface area contributed by atoms with Crippen LogP contribution in [-0.4, -0.2) is 28.3 Å². The fourth-order valence-electron chi connectivity index (χ4n) is 8.41. The second kappa shape index (κ2) is 9.91. The van der Waals surface area contributed by atoms with Gasteiger partial charge >= 0.3 is 0 Å². The van der Waals surface area contributed by atoms with Gasteiger partial charge in [-0.1, -0.05) is 31.2 Å². The number of fused-ring (bicyclic) bond motifs is 6. The Kier molecular flexibility index (Phi) is 6.57. The number of H-pyrrole nitrogens is 1. The molecule has 1 amide bonds. The van der Waals surface area contributed by atoms with Gasteiger partial charge in [0.05, 0.1) is 0 Å². The van der Waals surface area contributed by atoms with Gasteiger partial charge in [-0.2, -0.15) is 0 Å². The van der Waals surface area contributed by atoms with Crippen molar-refractivity contribution in [2.45, 2.75) is 77.6 Å². The topological polar surface area (TPSA) is 82.2 Å². The van der Waals surface area contributed by atoms with Gasteiger partial charge < -0.3 is 15.4 Å². The van der Waals surface area contributed by atoms with Crippen molar-refractivity contribution in [1.29, 1.82) is 0 Å². The molecule has 6 rings (SSSR count). The third-order valence-electron chi connectivity index (χ3n) is 10.3. The molecular formula is C33H40N2O3. The van der Waals surface area contributed by atoms with E-state index in [9.17, 15) is 14.7 Å². The quantitative estimate of drug-likeness (QED) is 0.344. The standard InChI is InChI=1S/C33H40N2O3/c1-20-5-3-7-26-23(19-35-32(20)26)14-16-34-30(38)8-4-6-22-18-29(37)33(2)15-13-27-25-12-10-24(36)17-21(25)9-11-28(27)31(22)33/h3,5,7,10,12,17,19,22,27-28,31,35-36H,4,6,8-9,11,13-16,18H2,1-2H3,(H,34,38)/t22-,27?,28?,31?,33-/m1/s1. The first-order valence-electron chi connectivity index (χ1n) is 14.5. The lowest BCUT2D eigenvalue weighted by Gasteiger charge is -2.50. The molecule has 0 spiro atoms. The number of carbonyl (C=O) groups excluding carboxylic acids is 2. The number of amides is 1. The Labute approximate surface area is 225 Å². The SMILES string of the molecule is Cc1cccc2c(CCNC(=O)CCC[C@@H]3CC(=O)[C@@]4(C)CCC5c6ccc(O)cc6CCC5C34)c[nH]c12. The number of phenols is 1. The summed E-state index contributed by atoms with van der Waals surface area (Å²) in [4.78, 5) is 29.3. The molecule has 200 valence electrons. The summed E-state index contributed by atoms with van der Waals surface area (Å²) in [5, 5.41) is 14.3. The van der Waals surface area contributed by atoms with E-state index in [4.69, 9.17) is 0 Å². The Morgan fingerprint density at radius 3 is 2.95 bits per heavy atom. The van der Waals surface area contributed by atoms with Crippen molar-refractivity contribution >= 4 is 22.6 Å². The first-order chi connectivity index (χ1) is 18.3. The molecular weight excluding hydrogens is 472 g/mol. The average molecular weight is 513 g/mol. The third kappa shape index (κ3) is 4.34. The van der Waals surface area contributed by atoms with Crippen molar-refractivity contribution in [2.75, 3.05) is 6.54 Å². The zero-order valence-electron chi connectivity index (χ0n) is 22.7. The summed E-state index contributed by atoms with van der Waals surface area (Å²) >= 11 is 0. The maximum Gasteiger partial charge on any atom is 0.220 e. The number of hydrogen-bond acceptors (Lipinski definition) is 3. The maximum absolute atomic E-state index is 13.3. The van der Waals surface area contributed by atoms with Gasteiger partial charge in [0.25, 0.3) is 0 Å². The van der Waals surface area contributed by atoms with Crippen molar-refractivity contribution in [2.24, 2.45) is 23.2 Å². The monoisotopic (exact) mass is 512 g/mol. The number of aromatic hydroxyl groups is 1.